The van der Waals surface area contributed by atoms with Crippen LogP contribution in [0.25, 0.3) is 21.9 Å². The summed E-state index contributed by atoms with van der Waals surface area (Å²) in [5, 5.41) is 2.46. The van der Waals surface area contributed by atoms with Gasteiger partial charge in [-0.25, -0.2) is 0 Å². The van der Waals surface area contributed by atoms with Crippen molar-refractivity contribution < 1.29 is 0 Å². The van der Waals surface area contributed by atoms with Crippen LogP contribution in [0.4, 0.5) is 0 Å². The zero-order chi connectivity index (χ0) is 16.6. The van der Waals surface area contributed by atoms with Crippen LogP contribution in [0.2, 0.25) is 0 Å². The molecule has 3 aromatic rings. The molecule has 1 aliphatic carbocycles. The SMILES string of the molecule is NC1(N)C=CC(c2ccccc2)=C(c2cccc3ccccc23)C1. The van der Waals surface area contributed by atoms with Crippen LogP contribution in [0.1, 0.15) is 17.5 Å². The van der Waals surface area contributed by atoms with E-state index < -0.39 is 5.66 Å². The van der Waals surface area contributed by atoms with E-state index in [9.17, 15) is 0 Å². The molecule has 24 heavy (non-hydrogen) atoms. The summed E-state index contributed by atoms with van der Waals surface area (Å²) in [7, 11) is 0. The van der Waals surface area contributed by atoms with Gasteiger partial charge in [-0.1, -0.05) is 78.9 Å². The Kier molecular flexibility index (Phi) is 3.57. The van der Waals surface area contributed by atoms with Gasteiger partial charge in [0.05, 0.1) is 5.66 Å². The summed E-state index contributed by atoms with van der Waals surface area (Å²) < 4.78 is 0. The van der Waals surface area contributed by atoms with Crippen molar-refractivity contribution in [2.45, 2.75) is 12.1 Å². The van der Waals surface area contributed by atoms with E-state index in [2.05, 4.69) is 72.8 Å². The van der Waals surface area contributed by atoms with Gasteiger partial charge in [0.15, 0.2) is 0 Å². The van der Waals surface area contributed by atoms with E-state index in [0.29, 0.717) is 6.42 Å². The summed E-state index contributed by atoms with van der Waals surface area (Å²) >= 11 is 0. The van der Waals surface area contributed by atoms with Gasteiger partial charge in [-0.15, -0.1) is 0 Å². The highest BCUT2D eigenvalue weighted by Gasteiger charge is 2.25. The first kappa shape index (κ1) is 14.9. The predicted octanol–water partition coefficient (Wildman–Crippen LogP) is 4.32. The van der Waals surface area contributed by atoms with Crippen molar-refractivity contribution in [3.05, 3.63) is 96.1 Å². The first-order valence-electron chi connectivity index (χ1n) is 8.18. The smallest absolute Gasteiger partial charge is 0.0873 e. The number of allylic oxidation sites excluding steroid dienone is 2. The lowest BCUT2D eigenvalue weighted by atomic mass is 9.82. The predicted molar refractivity (Wildman–Crippen MR) is 102 cm³/mol. The fourth-order valence-corrected chi connectivity index (χ4v) is 3.42. The molecule has 0 saturated heterocycles. The number of hydrogen-bond donors (Lipinski definition) is 2. The monoisotopic (exact) mass is 312 g/mol. The Bertz CT molecular complexity index is 945. The second-order valence-corrected chi connectivity index (χ2v) is 6.41. The van der Waals surface area contributed by atoms with Crippen molar-refractivity contribution >= 4 is 21.9 Å². The molecule has 118 valence electrons. The van der Waals surface area contributed by atoms with Crippen LogP contribution < -0.4 is 11.5 Å². The summed E-state index contributed by atoms with van der Waals surface area (Å²) in [6.07, 6.45) is 4.58. The molecule has 0 spiro atoms. The molecule has 3 aromatic carbocycles. The fourth-order valence-electron chi connectivity index (χ4n) is 3.42. The van der Waals surface area contributed by atoms with Gasteiger partial charge in [0.2, 0.25) is 0 Å². The van der Waals surface area contributed by atoms with Crippen LogP contribution in [0.3, 0.4) is 0 Å². The molecule has 0 bridgehead atoms. The van der Waals surface area contributed by atoms with Gasteiger partial charge in [0.1, 0.15) is 0 Å². The lowest BCUT2D eigenvalue weighted by Crippen LogP contribution is -2.48. The average Bonchev–Trinajstić information content (AvgIpc) is 2.61. The molecule has 0 aromatic heterocycles. The van der Waals surface area contributed by atoms with Crippen molar-refractivity contribution in [3.8, 4) is 0 Å². The first-order chi connectivity index (χ1) is 11.6. The van der Waals surface area contributed by atoms with Crippen LogP contribution in [0, 0.1) is 0 Å². The number of fused-ring (bicyclic) bond motifs is 1. The lowest BCUT2D eigenvalue weighted by molar-refractivity contribution is 0.567. The van der Waals surface area contributed by atoms with Crippen LogP contribution >= 0.6 is 0 Å². The first-order valence-corrected chi connectivity index (χ1v) is 8.18. The molecule has 4 N–H and O–H groups in total. The van der Waals surface area contributed by atoms with E-state index in [-0.39, 0.29) is 0 Å². The fraction of sp³-hybridized carbons (Fsp3) is 0.0909. The molecule has 0 fully saturated rings. The Morgan fingerprint density at radius 3 is 2.29 bits per heavy atom. The average molecular weight is 312 g/mol. The molecule has 0 amide bonds. The van der Waals surface area contributed by atoms with Crippen molar-refractivity contribution in [1.82, 2.24) is 0 Å². The Morgan fingerprint density at radius 2 is 1.46 bits per heavy atom. The topological polar surface area (TPSA) is 52.0 Å². The van der Waals surface area contributed by atoms with Gasteiger partial charge in [-0.05, 0) is 39.1 Å². The van der Waals surface area contributed by atoms with Crippen molar-refractivity contribution in [2.75, 3.05) is 0 Å². The minimum absolute atomic E-state index is 0.613. The van der Waals surface area contributed by atoms with E-state index in [1.165, 1.54) is 33.0 Å². The summed E-state index contributed by atoms with van der Waals surface area (Å²) in [5.41, 5.74) is 16.5. The van der Waals surface area contributed by atoms with Crippen molar-refractivity contribution in [2.24, 2.45) is 11.5 Å². The maximum absolute atomic E-state index is 6.25. The molecule has 2 nitrogen and oxygen atoms in total. The molecular formula is C22H20N2. The molecule has 2 heteroatoms. The van der Waals surface area contributed by atoms with Gasteiger partial charge >= 0.3 is 0 Å². The summed E-state index contributed by atoms with van der Waals surface area (Å²) in [6, 6.07) is 25.2. The third kappa shape index (κ3) is 2.67. The maximum atomic E-state index is 6.25. The molecule has 1 aliphatic rings. The third-order valence-electron chi connectivity index (χ3n) is 4.57. The van der Waals surface area contributed by atoms with E-state index in [0.717, 1.165) is 0 Å². The van der Waals surface area contributed by atoms with Crippen LogP contribution in [-0.4, -0.2) is 5.66 Å². The van der Waals surface area contributed by atoms with Gasteiger partial charge < -0.3 is 11.5 Å². The lowest BCUT2D eigenvalue weighted by Gasteiger charge is -2.29. The summed E-state index contributed by atoms with van der Waals surface area (Å²) in [4.78, 5) is 0. The highest BCUT2D eigenvalue weighted by atomic mass is 14.9. The zero-order valence-corrected chi connectivity index (χ0v) is 13.4. The largest absolute Gasteiger partial charge is 0.310 e. The van der Waals surface area contributed by atoms with Crippen molar-refractivity contribution in [1.29, 1.82) is 0 Å². The number of benzene rings is 3. The quantitative estimate of drug-likeness (QED) is 0.692. The highest BCUT2D eigenvalue weighted by Crippen LogP contribution is 2.38. The molecule has 0 atom stereocenters. The molecular weight excluding hydrogens is 292 g/mol. The van der Waals surface area contributed by atoms with Gasteiger partial charge in [-0.3, -0.25) is 0 Å². The molecule has 0 saturated carbocycles. The van der Waals surface area contributed by atoms with E-state index in [4.69, 9.17) is 11.5 Å². The summed E-state index contributed by atoms with van der Waals surface area (Å²) in [6.45, 7) is 0. The number of nitrogens with two attached hydrogens (primary N) is 2. The van der Waals surface area contributed by atoms with E-state index >= 15 is 0 Å². The molecule has 4 rings (SSSR count). The Labute approximate surface area is 142 Å². The second kappa shape index (κ2) is 5.75. The van der Waals surface area contributed by atoms with Crippen molar-refractivity contribution in [3.63, 3.8) is 0 Å². The minimum Gasteiger partial charge on any atom is -0.310 e. The Balaban J connectivity index is 2.00. The Morgan fingerprint density at radius 1 is 0.750 bits per heavy atom. The summed E-state index contributed by atoms with van der Waals surface area (Å²) in [5.74, 6) is 0. The maximum Gasteiger partial charge on any atom is 0.0873 e. The van der Waals surface area contributed by atoms with Crippen LogP contribution in [0.5, 0.6) is 0 Å². The van der Waals surface area contributed by atoms with E-state index in [1.807, 2.05) is 12.1 Å². The number of rotatable bonds is 2. The van der Waals surface area contributed by atoms with E-state index in [1.54, 1.807) is 0 Å². The minimum atomic E-state index is -0.815. The van der Waals surface area contributed by atoms with Crippen LogP contribution in [-0.2, 0) is 0 Å². The van der Waals surface area contributed by atoms with Gasteiger partial charge in [0, 0.05) is 6.42 Å². The second-order valence-electron chi connectivity index (χ2n) is 6.41. The van der Waals surface area contributed by atoms with Crippen LogP contribution in [0.15, 0.2) is 84.9 Å². The van der Waals surface area contributed by atoms with Gasteiger partial charge in [0.25, 0.3) is 0 Å². The van der Waals surface area contributed by atoms with Gasteiger partial charge in [-0.2, -0.15) is 0 Å². The zero-order valence-electron chi connectivity index (χ0n) is 13.4. The highest BCUT2D eigenvalue weighted by molar-refractivity contribution is 6.04. The molecule has 0 heterocycles. The molecule has 0 aliphatic heterocycles. The molecule has 0 radical (unpaired) electrons. The Hall–Kier alpha value is -2.68. The standard InChI is InChI=1S/C22H20N2/c23-22(24)14-13-19(16-7-2-1-3-8-16)21(15-22)20-12-6-10-17-9-4-5-11-18(17)20/h1-14H,15,23-24H2. The molecule has 0 unspecified atom stereocenters. The number of hydrogen-bond acceptors (Lipinski definition) is 2. The third-order valence-corrected chi connectivity index (χ3v) is 4.57. The normalized spacial score (nSPS) is 16.6.